The first-order chi connectivity index (χ1) is 13.6. The van der Waals surface area contributed by atoms with E-state index in [4.69, 9.17) is 5.73 Å². The number of likely N-dealkylation sites (tertiary alicyclic amines) is 2. The molecule has 146 valence electrons. The summed E-state index contributed by atoms with van der Waals surface area (Å²) in [5.41, 5.74) is 7.92. The molecule has 1 unspecified atom stereocenters. The molecule has 4 rings (SSSR count). The molecule has 2 heterocycles. The van der Waals surface area contributed by atoms with E-state index in [9.17, 15) is 9.59 Å². The van der Waals surface area contributed by atoms with Gasteiger partial charge in [-0.25, -0.2) is 0 Å². The minimum atomic E-state index is -0.352. The van der Waals surface area contributed by atoms with Crippen molar-refractivity contribution in [2.75, 3.05) is 32.7 Å². The van der Waals surface area contributed by atoms with Crippen LogP contribution in [-0.2, 0) is 6.42 Å². The fourth-order valence-electron chi connectivity index (χ4n) is 4.67. The van der Waals surface area contributed by atoms with Crippen LogP contribution in [0.4, 0.5) is 0 Å². The van der Waals surface area contributed by atoms with E-state index < -0.39 is 0 Å². The standard InChI is InChI=1S/C23H27N3O2/c24-22(27)21-11-5-4-7-17(21)10-6-12-25-13-19-15-26(16-20(19)14-25)23(28)18-8-2-1-3-9-18/h1-5,7-9,11,19-20H,6,10,12-16H2,(H2,24,27)/t19-,20?/m0/s1. The van der Waals surface area contributed by atoms with Crippen LogP contribution in [0, 0.1) is 11.8 Å². The maximum Gasteiger partial charge on any atom is 0.253 e. The third kappa shape index (κ3) is 3.94. The van der Waals surface area contributed by atoms with E-state index in [1.807, 2.05) is 53.4 Å². The number of primary amides is 1. The minimum absolute atomic E-state index is 0.157. The molecular weight excluding hydrogens is 350 g/mol. The number of amides is 2. The lowest BCUT2D eigenvalue weighted by atomic mass is 10.0. The summed E-state index contributed by atoms with van der Waals surface area (Å²) < 4.78 is 0. The molecule has 5 heteroatoms. The second-order valence-corrected chi connectivity index (χ2v) is 7.98. The molecular formula is C23H27N3O2. The van der Waals surface area contributed by atoms with Crippen LogP contribution in [0.1, 0.15) is 32.7 Å². The molecule has 2 aromatic rings. The van der Waals surface area contributed by atoms with E-state index in [1.165, 1.54) is 0 Å². The van der Waals surface area contributed by atoms with Crippen molar-refractivity contribution in [3.05, 3.63) is 71.3 Å². The molecule has 2 aromatic carbocycles. The second kappa shape index (κ2) is 8.15. The number of nitrogens with two attached hydrogens (primary N) is 1. The Labute approximate surface area is 166 Å². The number of rotatable bonds is 6. The smallest absolute Gasteiger partial charge is 0.253 e. The zero-order valence-electron chi connectivity index (χ0n) is 16.1. The highest BCUT2D eigenvalue weighted by molar-refractivity contribution is 5.94. The Morgan fingerprint density at radius 3 is 2.21 bits per heavy atom. The average molecular weight is 377 g/mol. The highest BCUT2D eigenvalue weighted by atomic mass is 16.2. The molecule has 2 atom stereocenters. The summed E-state index contributed by atoms with van der Waals surface area (Å²) in [5, 5.41) is 0. The monoisotopic (exact) mass is 377 g/mol. The Hall–Kier alpha value is -2.66. The first-order valence-electron chi connectivity index (χ1n) is 10.1. The summed E-state index contributed by atoms with van der Waals surface area (Å²) in [5.74, 6) is 0.954. The van der Waals surface area contributed by atoms with Crippen LogP contribution in [0.3, 0.4) is 0 Å². The van der Waals surface area contributed by atoms with Crippen molar-refractivity contribution in [1.29, 1.82) is 0 Å². The molecule has 2 aliphatic rings. The van der Waals surface area contributed by atoms with Crippen molar-refractivity contribution >= 4 is 11.8 Å². The van der Waals surface area contributed by atoms with Gasteiger partial charge in [-0.1, -0.05) is 36.4 Å². The summed E-state index contributed by atoms with van der Waals surface area (Å²) in [4.78, 5) is 28.7. The number of hydrogen-bond acceptors (Lipinski definition) is 3. The SMILES string of the molecule is NC(=O)c1ccccc1CCCN1CC2CN(C(=O)c3ccccc3)C[C@@H]2C1. The van der Waals surface area contributed by atoms with Crippen molar-refractivity contribution in [2.24, 2.45) is 17.6 Å². The van der Waals surface area contributed by atoms with Crippen molar-refractivity contribution in [2.45, 2.75) is 12.8 Å². The zero-order valence-corrected chi connectivity index (χ0v) is 16.1. The van der Waals surface area contributed by atoms with Gasteiger partial charge in [0.1, 0.15) is 0 Å². The van der Waals surface area contributed by atoms with Gasteiger partial charge in [0.15, 0.2) is 0 Å². The molecule has 0 aromatic heterocycles. The first-order valence-corrected chi connectivity index (χ1v) is 10.1. The van der Waals surface area contributed by atoms with Gasteiger partial charge in [-0.15, -0.1) is 0 Å². The number of fused-ring (bicyclic) bond motifs is 1. The average Bonchev–Trinajstić information content (AvgIpc) is 3.27. The maximum absolute atomic E-state index is 12.7. The lowest BCUT2D eigenvalue weighted by Gasteiger charge is -2.21. The number of aryl methyl sites for hydroxylation is 1. The Morgan fingerprint density at radius 1 is 0.893 bits per heavy atom. The molecule has 0 spiro atoms. The topological polar surface area (TPSA) is 66.6 Å². The molecule has 28 heavy (non-hydrogen) atoms. The van der Waals surface area contributed by atoms with Crippen LogP contribution in [0.2, 0.25) is 0 Å². The van der Waals surface area contributed by atoms with Gasteiger partial charge in [0.25, 0.3) is 5.91 Å². The van der Waals surface area contributed by atoms with Gasteiger partial charge in [-0.2, -0.15) is 0 Å². The Kier molecular flexibility index (Phi) is 5.44. The van der Waals surface area contributed by atoms with E-state index in [1.54, 1.807) is 6.07 Å². The van der Waals surface area contributed by atoms with E-state index >= 15 is 0 Å². The number of benzene rings is 2. The fraction of sp³-hybridized carbons (Fsp3) is 0.391. The Bertz CT molecular complexity index is 838. The Morgan fingerprint density at radius 2 is 1.54 bits per heavy atom. The molecule has 0 bridgehead atoms. The minimum Gasteiger partial charge on any atom is -0.366 e. The van der Waals surface area contributed by atoms with Gasteiger partial charge in [0.2, 0.25) is 5.91 Å². The van der Waals surface area contributed by atoms with Gasteiger partial charge < -0.3 is 15.5 Å². The largest absolute Gasteiger partial charge is 0.366 e. The lowest BCUT2D eigenvalue weighted by molar-refractivity contribution is 0.0773. The summed E-state index contributed by atoms with van der Waals surface area (Å²) in [6.07, 6.45) is 1.87. The Balaban J connectivity index is 1.26. The molecule has 2 aliphatic heterocycles. The number of carbonyl (C=O) groups is 2. The normalized spacial score (nSPS) is 21.6. The number of carbonyl (C=O) groups excluding carboxylic acids is 2. The summed E-state index contributed by atoms with van der Waals surface area (Å²) in [6.45, 7) is 4.85. The fourth-order valence-corrected chi connectivity index (χ4v) is 4.67. The van der Waals surface area contributed by atoms with Gasteiger partial charge in [-0.05, 0) is 55.0 Å². The third-order valence-corrected chi connectivity index (χ3v) is 6.07. The highest BCUT2D eigenvalue weighted by Gasteiger charge is 2.41. The molecule has 2 fully saturated rings. The van der Waals surface area contributed by atoms with Crippen LogP contribution in [-0.4, -0.2) is 54.3 Å². The van der Waals surface area contributed by atoms with Crippen LogP contribution in [0.15, 0.2) is 54.6 Å². The zero-order chi connectivity index (χ0) is 19.5. The number of nitrogens with zero attached hydrogens (tertiary/aromatic N) is 2. The van der Waals surface area contributed by atoms with Gasteiger partial charge in [0.05, 0.1) is 0 Å². The van der Waals surface area contributed by atoms with Gasteiger partial charge in [0, 0.05) is 37.3 Å². The van der Waals surface area contributed by atoms with Crippen molar-refractivity contribution in [3.63, 3.8) is 0 Å². The van der Waals surface area contributed by atoms with Gasteiger partial charge in [-0.3, -0.25) is 9.59 Å². The molecule has 5 nitrogen and oxygen atoms in total. The molecule has 2 N–H and O–H groups in total. The van der Waals surface area contributed by atoms with E-state index in [0.29, 0.717) is 17.4 Å². The second-order valence-electron chi connectivity index (χ2n) is 7.98. The van der Waals surface area contributed by atoms with Crippen molar-refractivity contribution in [3.8, 4) is 0 Å². The summed E-state index contributed by atoms with van der Waals surface area (Å²) >= 11 is 0. The van der Waals surface area contributed by atoms with E-state index in [2.05, 4.69) is 4.90 Å². The lowest BCUT2D eigenvalue weighted by Crippen LogP contribution is -2.33. The predicted octanol–water partition coefficient (Wildman–Crippen LogP) is 2.42. The van der Waals surface area contributed by atoms with Crippen LogP contribution in [0.5, 0.6) is 0 Å². The first kappa shape index (κ1) is 18.7. The third-order valence-electron chi connectivity index (χ3n) is 6.07. The molecule has 2 saturated heterocycles. The van der Waals surface area contributed by atoms with Crippen LogP contribution >= 0.6 is 0 Å². The number of hydrogen-bond donors (Lipinski definition) is 1. The highest BCUT2D eigenvalue weighted by Crippen LogP contribution is 2.32. The predicted molar refractivity (Wildman–Crippen MR) is 109 cm³/mol. The quantitative estimate of drug-likeness (QED) is 0.841. The van der Waals surface area contributed by atoms with E-state index in [0.717, 1.165) is 56.7 Å². The van der Waals surface area contributed by atoms with Crippen LogP contribution < -0.4 is 5.73 Å². The molecule has 0 saturated carbocycles. The van der Waals surface area contributed by atoms with Crippen LogP contribution in [0.25, 0.3) is 0 Å². The van der Waals surface area contributed by atoms with Crippen molar-refractivity contribution < 1.29 is 9.59 Å². The molecule has 2 amide bonds. The van der Waals surface area contributed by atoms with E-state index in [-0.39, 0.29) is 11.8 Å². The molecule has 0 radical (unpaired) electrons. The molecule has 0 aliphatic carbocycles. The maximum atomic E-state index is 12.7. The van der Waals surface area contributed by atoms with Gasteiger partial charge >= 0.3 is 0 Å². The van der Waals surface area contributed by atoms with Crippen molar-refractivity contribution in [1.82, 2.24) is 9.80 Å². The summed E-state index contributed by atoms with van der Waals surface area (Å²) in [7, 11) is 0. The summed E-state index contributed by atoms with van der Waals surface area (Å²) in [6, 6.07) is 17.2.